The Morgan fingerprint density at radius 2 is 1.36 bits per heavy atom. The largest absolute Gasteiger partial charge is 0.212 e. The van der Waals surface area contributed by atoms with Crippen molar-refractivity contribution in [2.75, 3.05) is 0 Å². The van der Waals surface area contributed by atoms with Crippen molar-refractivity contribution in [2.24, 2.45) is 5.92 Å². The molecular formula is C25H33F3. The van der Waals surface area contributed by atoms with Crippen LogP contribution in [-0.4, -0.2) is 0 Å². The van der Waals surface area contributed by atoms with Gasteiger partial charge in [0.05, 0.1) is 5.83 Å². The second kappa shape index (κ2) is 15.7. The quantitative estimate of drug-likeness (QED) is 0.459. The first kappa shape index (κ1) is 25.7. The molecule has 2 aromatic rings. The molecule has 1 aliphatic carbocycles. The second-order valence-corrected chi connectivity index (χ2v) is 6.29. The smallest absolute Gasteiger partial charge is 0.123 e. The van der Waals surface area contributed by atoms with Crippen molar-refractivity contribution >= 4 is 0 Å². The average Bonchev–Trinajstić information content (AvgIpc) is 2.91. The summed E-state index contributed by atoms with van der Waals surface area (Å²) in [5, 5.41) is 0. The highest BCUT2D eigenvalue weighted by molar-refractivity contribution is 5.15. The lowest BCUT2D eigenvalue weighted by atomic mass is 10.1. The van der Waals surface area contributed by atoms with E-state index < -0.39 is 0 Å². The molecule has 3 heteroatoms. The molecule has 0 nitrogen and oxygen atoms in total. The predicted molar refractivity (Wildman–Crippen MR) is 115 cm³/mol. The Morgan fingerprint density at radius 3 is 1.82 bits per heavy atom. The van der Waals surface area contributed by atoms with E-state index in [1.807, 2.05) is 33.8 Å². The van der Waals surface area contributed by atoms with Gasteiger partial charge in [-0.2, -0.15) is 0 Å². The van der Waals surface area contributed by atoms with Gasteiger partial charge in [0.25, 0.3) is 0 Å². The van der Waals surface area contributed by atoms with E-state index in [4.69, 9.17) is 0 Å². The van der Waals surface area contributed by atoms with Gasteiger partial charge in [0.1, 0.15) is 11.6 Å². The predicted octanol–water partition coefficient (Wildman–Crippen LogP) is 8.37. The molecule has 1 aliphatic rings. The van der Waals surface area contributed by atoms with Gasteiger partial charge in [0.2, 0.25) is 0 Å². The number of hydrogen-bond donors (Lipinski definition) is 0. The number of rotatable bonds is 1. The number of aryl methyl sites for hydroxylation is 2. The third-order valence-electron chi connectivity index (χ3n) is 3.89. The summed E-state index contributed by atoms with van der Waals surface area (Å²) in [6, 6.07) is 13.0. The van der Waals surface area contributed by atoms with Crippen LogP contribution in [0.4, 0.5) is 13.2 Å². The van der Waals surface area contributed by atoms with Crippen molar-refractivity contribution in [2.45, 2.75) is 53.9 Å². The van der Waals surface area contributed by atoms with Crippen LogP contribution in [0.2, 0.25) is 0 Å². The van der Waals surface area contributed by atoms with E-state index in [2.05, 4.69) is 6.92 Å². The van der Waals surface area contributed by atoms with Crippen LogP contribution >= 0.6 is 0 Å². The van der Waals surface area contributed by atoms with Crippen molar-refractivity contribution in [1.29, 1.82) is 0 Å². The van der Waals surface area contributed by atoms with Crippen LogP contribution in [0.5, 0.6) is 0 Å². The van der Waals surface area contributed by atoms with Gasteiger partial charge in [-0.25, -0.2) is 13.2 Å². The van der Waals surface area contributed by atoms with E-state index in [0.717, 1.165) is 18.4 Å². The summed E-state index contributed by atoms with van der Waals surface area (Å²) in [5.74, 6) is 0.216. The molecule has 0 spiro atoms. The molecule has 154 valence electrons. The first-order chi connectivity index (χ1) is 13.4. The van der Waals surface area contributed by atoms with Crippen LogP contribution in [0.3, 0.4) is 0 Å². The van der Waals surface area contributed by atoms with Crippen molar-refractivity contribution in [3.8, 4) is 0 Å². The minimum absolute atomic E-state index is 0.00981. The SMILES string of the molecule is CC.CC1C=CC=C(F)CC1.CCc1ccc(F)cc1.Cc1ccc(F)cc1. The van der Waals surface area contributed by atoms with Crippen molar-refractivity contribution in [3.63, 3.8) is 0 Å². The van der Waals surface area contributed by atoms with E-state index in [1.165, 1.54) is 29.8 Å². The van der Waals surface area contributed by atoms with Crippen LogP contribution in [0, 0.1) is 24.5 Å². The van der Waals surface area contributed by atoms with Gasteiger partial charge < -0.3 is 0 Å². The fourth-order valence-corrected chi connectivity index (χ4v) is 2.15. The molecule has 0 aromatic heterocycles. The van der Waals surface area contributed by atoms with Crippen LogP contribution in [0.1, 0.15) is 51.7 Å². The first-order valence-corrected chi connectivity index (χ1v) is 9.90. The molecule has 1 atom stereocenters. The van der Waals surface area contributed by atoms with Gasteiger partial charge in [0, 0.05) is 0 Å². The minimum Gasteiger partial charge on any atom is -0.212 e. The molecule has 0 heterocycles. The normalized spacial score (nSPS) is 14.7. The summed E-state index contributed by atoms with van der Waals surface area (Å²) in [5.41, 5.74) is 2.27. The van der Waals surface area contributed by atoms with Crippen LogP contribution in [0.25, 0.3) is 0 Å². The zero-order valence-corrected chi connectivity index (χ0v) is 17.7. The van der Waals surface area contributed by atoms with Crippen molar-refractivity contribution < 1.29 is 13.2 Å². The topological polar surface area (TPSA) is 0 Å². The summed E-state index contributed by atoms with van der Waals surface area (Å²) in [7, 11) is 0. The van der Waals surface area contributed by atoms with Crippen molar-refractivity contribution in [1.82, 2.24) is 0 Å². The zero-order valence-electron chi connectivity index (χ0n) is 17.7. The van der Waals surface area contributed by atoms with E-state index in [9.17, 15) is 13.2 Å². The van der Waals surface area contributed by atoms with Gasteiger partial charge >= 0.3 is 0 Å². The molecular weight excluding hydrogens is 357 g/mol. The maximum atomic E-state index is 12.4. The molecule has 0 bridgehead atoms. The number of hydrogen-bond acceptors (Lipinski definition) is 0. The molecule has 0 amide bonds. The summed E-state index contributed by atoms with van der Waals surface area (Å²) in [6.45, 7) is 10.1. The first-order valence-electron chi connectivity index (χ1n) is 9.90. The summed E-state index contributed by atoms with van der Waals surface area (Å²) >= 11 is 0. The van der Waals surface area contributed by atoms with E-state index in [-0.39, 0.29) is 17.5 Å². The fraction of sp³-hybridized carbons (Fsp3) is 0.360. The zero-order chi connectivity index (χ0) is 21.4. The van der Waals surface area contributed by atoms with Gasteiger partial charge in [0.15, 0.2) is 0 Å². The van der Waals surface area contributed by atoms with E-state index >= 15 is 0 Å². The number of benzene rings is 2. The monoisotopic (exact) mass is 390 g/mol. The average molecular weight is 391 g/mol. The molecule has 28 heavy (non-hydrogen) atoms. The highest BCUT2D eigenvalue weighted by atomic mass is 19.1. The third-order valence-corrected chi connectivity index (χ3v) is 3.89. The lowest BCUT2D eigenvalue weighted by Gasteiger charge is -1.99. The molecule has 2 aromatic carbocycles. The third kappa shape index (κ3) is 13.0. The van der Waals surface area contributed by atoms with Gasteiger partial charge in [-0.3, -0.25) is 0 Å². The molecule has 0 saturated heterocycles. The number of allylic oxidation sites excluding steroid dienone is 4. The maximum Gasteiger partial charge on any atom is 0.123 e. The summed E-state index contributed by atoms with van der Waals surface area (Å²) in [4.78, 5) is 0. The molecule has 0 aliphatic heterocycles. The molecule has 0 radical (unpaired) electrons. The maximum absolute atomic E-state index is 12.4. The standard InChI is InChI=1S/C8H11F.C8H9F.C7H7F.C2H6/c1-7-3-2-4-8(9)6-5-7;1-2-7-3-5-8(9)6-4-7;1-6-2-4-7(8)5-3-6;1-2/h2-4,7H,5-6H2,1H3;3-6H,2H2,1H3;2-5H,1H3;1-2H3. The van der Waals surface area contributed by atoms with Crippen LogP contribution in [0.15, 0.2) is 72.6 Å². The van der Waals surface area contributed by atoms with E-state index in [1.54, 1.807) is 36.4 Å². The second-order valence-electron chi connectivity index (χ2n) is 6.29. The Labute approximate surface area is 168 Å². The molecule has 3 rings (SSSR count). The lowest BCUT2D eigenvalue weighted by molar-refractivity contribution is 0.543. The van der Waals surface area contributed by atoms with Gasteiger partial charge in [-0.15, -0.1) is 0 Å². The highest BCUT2D eigenvalue weighted by Gasteiger charge is 2.02. The molecule has 1 unspecified atom stereocenters. The van der Waals surface area contributed by atoms with Crippen molar-refractivity contribution in [3.05, 3.63) is 95.3 Å². The Kier molecular flexibility index (Phi) is 14.5. The van der Waals surface area contributed by atoms with E-state index in [0.29, 0.717) is 12.3 Å². The Balaban J connectivity index is 0.000000374. The van der Waals surface area contributed by atoms with Crippen LogP contribution < -0.4 is 0 Å². The lowest BCUT2D eigenvalue weighted by Crippen LogP contribution is -1.86. The minimum atomic E-state index is -0.171. The van der Waals surface area contributed by atoms with Gasteiger partial charge in [-0.05, 0) is 68.0 Å². The molecule has 0 N–H and O–H groups in total. The summed E-state index contributed by atoms with van der Waals surface area (Å²) < 4.78 is 36.7. The molecule has 0 fully saturated rings. The fourth-order valence-electron chi connectivity index (χ4n) is 2.15. The summed E-state index contributed by atoms with van der Waals surface area (Å²) in [6.07, 6.45) is 7.90. The van der Waals surface area contributed by atoms with Crippen LogP contribution in [-0.2, 0) is 6.42 Å². The number of halogens is 3. The Bertz CT molecular complexity index is 662. The van der Waals surface area contributed by atoms with Gasteiger partial charge in [-0.1, -0.05) is 69.7 Å². The molecule has 0 saturated carbocycles. The Hall–Kier alpha value is -2.29. The Morgan fingerprint density at radius 1 is 0.857 bits per heavy atom. The highest BCUT2D eigenvalue weighted by Crippen LogP contribution is 2.17.